The van der Waals surface area contributed by atoms with Crippen molar-refractivity contribution in [1.82, 2.24) is 24.7 Å². The van der Waals surface area contributed by atoms with Crippen LogP contribution in [0.15, 0.2) is 53.1 Å². The maximum absolute atomic E-state index is 12.9. The molecule has 0 aliphatic heterocycles. The third kappa shape index (κ3) is 7.17. The lowest BCUT2D eigenvalue weighted by molar-refractivity contribution is -0.192. The van der Waals surface area contributed by atoms with E-state index in [4.69, 9.17) is 15.6 Å². The Bertz CT molecular complexity index is 1290. The van der Waals surface area contributed by atoms with Crippen molar-refractivity contribution in [1.29, 1.82) is 0 Å². The standard InChI is InChI=1S/C17H13F5N6O.C2HF3O2/c18-15(19)11(7-23)6-14-26-27-16(29)28(14)13-5-9(3-4-24-13)10-1-2-12(25-8-10)17(20,21)22;3-2(4,5)1(6)7/h1-5,8H,6-7,23H2,(H,27,29);(H,6,7). The summed E-state index contributed by atoms with van der Waals surface area (Å²) in [5.41, 5.74) is 3.90. The second-order valence-corrected chi connectivity index (χ2v) is 6.66. The van der Waals surface area contributed by atoms with Crippen LogP contribution < -0.4 is 11.4 Å². The number of hydrogen-bond acceptors (Lipinski definition) is 6. The molecule has 4 N–H and O–H groups in total. The highest BCUT2D eigenvalue weighted by Crippen LogP contribution is 2.29. The SMILES string of the molecule is NCC(Cc1n[nH]c(=O)n1-c1cc(-c2ccc(C(F)(F)F)nc2)ccn1)=C(F)F.O=C(O)C(F)(F)F. The normalized spacial score (nSPS) is 11.5. The van der Waals surface area contributed by atoms with E-state index in [2.05, 4.69) is 20.2 Å². The van der Waals surface area contributed by atoms with E-state index in [9.17, 15) is 39.9 Å². The highest BCUT2D eigenvalue weighted by Gasteiger charge is 2.38. The fourth-order valence-corrected chi connectivity index (χ4v) is 2.54. The lowest BCUT2D eigenvalue weighted by Crippen LogP contribution is -2.21. The molecule has 0 amide bonds. The molecular weight excluding hydrogens is 512 g/mol. The topological polar surface area (TPSA) is 140 Å². The van der Waals surface area contributed by atoms with Gasteiger partial charge in [-0.1, -0.05) is 6.07 Å². The summed E-state index contributed by atoms with van der Waals surface area (Å²) in [6.07, 6.45) is -9.64. The first-order chi connectivity index (χ1) is 16.6. The number of nitrogens with two attached hydrogens (primary N) is 1. The molecule has 0 atom stereocenters. The van der Waals surface area contributed by atoms with Crippen LogP contribution in [-0.2, 0) is 17.4 Å². The molecule has 0 saturated heterocycles. The molecule has 194 valence electrons. The number of alkyl halides is 6. The molecule has 0 aliphatic carbocycles. The molecule has 3 rings (SSSR count). The van der Waals surface area contributed by atoms with Gasteiger partial charge in [0, 0.05) is 36.5 Å². The molecule has 3 aromatic rings. The van der Waals surface area contributed by atoms with E-state index in [0.717, 1.165) is 16.8 Å². The molecule has 0 radical (unpaired) electrons. The van der Waals surface area contributed by atoms with Crippen LogP contribution in [0.2, 0.25) is 0 Å². The van der Waals surface area contributed by atoms with E-state index >= 15 is 0 Å². The van der Waals surface area contributed by atoms with Gasteiger partial charge in [0.2, 0.25) is 0 Å². The van der Waals surface area contributed by atoms with E-state index in [1.165, 1.54) is 24.4 Å². The van der Waals surface area contributed by atoms with E-state index in [0.29, 0.717) is 11.1 Å². The average Bonchev–Trinajstić information content (AvgIpc) is 3.16. The minimum absolute atomic E-state index is 0.0431. The van der Waals surface area contributed by atoms with Gasteiger partial charge in [-0.2, -0.15) is 40.2 Å². The van der Waals surface area contributed by atoms with Gasteiger partial charge in [-0.15, -0.1) is 0 Å². The van der Waals surface area contributed by atoms with Gasteiger partial charge in [0.1, 0.15) is 17.3 Å². The number of nitrogens with zero attached hydrogens (tertiary/aromatic N) is 4. The molecule has 3 aromatic heterocycles. The summed E-state index contributed by atoms with van der Waals surface area (Å²) < 4.78 is 96.5. The number of carbonyl (C=O) groups is 1. The van der Waals surface area contributed by atoms with E-state index in [1.54, 1.807) is 0 Å². The number of carboxylic acid groups (broad SMARTS) is 1. The van der Waals surface area contributed by atoms with Gasteiger partial charge >= 0.3 is 24.0 Å². The molecule has 0 aliphatic rings. The van der Waals surface area contributed by atoms with Crippen molar-refractivity contribution in [2.45, 2.75) is 18.8 Å². The Morgan fingerprint density at radius 1 is 1.06 bits per heavy atom. The summed E-state index contributed by atoms with van der Waals surface area (Å²) in [4.78, 5) is 28.4. The Kier molecular flexibility index (Phi) is 8.63. The fraction of sp³-hybridized carbons (Fsp3) is 0.211. The number of aliphatic carboxylic acids is 1. The fourth-order valence-electron chi connectivity index (χ4n) is 2.54. The minimum Gasteiger partial charge on any atom is -0.475 e. The monoisotopic (exact) mass is 526 g/mol. The number of nitrogens with one attached hydrogen (secondary N) is 1. The molecule has 9 nitrogen and oxygen atoms in total. The van der Waals surface area contributed by atoms with Gasteiger partial charge in [0.05, 0.1) is 0 Å². The van der Waals surface area contributed by atoms with Crippen LogP contribution >= 0.6 is 0 Å². The predicted molar refractivity (Wildman–Crippen MR) is 106 cm³/mol. The number of H-pyrrole nitrogens is 1. The van der Waals surface area contributed by atoms with Crippen molar-refractivity contribution in [2.75, 3.05) is 6.54 Å². The summed E-state index contributed by atoms with van der Waals surface area (Å²) >= 11 is 0. The number of rotatable bonds is 5. The quantitative estimate of drug-likeness (QED) is 0.434. The van der Waals surface area contributed by atoms with Crippen molar-refractivity contribution in [3.63, 3.8) is 0 Å². The first-order valence-electron chi connectivity index (χ1n) is 9.34. The van der Waals surface area contributed by atoms with Crippen LogP contribution in [0.5, 0.6) is 0 Å². The van der Waals surface area contributed by atoms with Crippen LogP contribution in [0.25, 0.3) is 16.9 Å². The lowest BCUT2D eigenvalue weighted by Gasteiger charge is -2.09. The van der Waals surface area contributed by atoms with Crippen LogP contribution in [0.4, 0.5) is 35.1 Å². The molecule has 0 bridgehead atoms. The van der Waals surface area contributed by atoms with Gasteiger partial charge in [-0.05, 0) is 23.8 Å². The van der Waals surface area contributed by atoms with Crippen molar-refractivity contribution >= 4 is 5.97 Å². The van der Waals surface area contributed by atoms with Crippen LogP contribution in [0, 0.1) is 0 Å². The molecular formula is C19H14F8N6O3. The van der Waals surface area contributed by atoms with Crippen molar-refractivity contribution in [3.8, 4) is 16.9 Å². The molecule has 17 heteroatoms. The maximum atomic E-state index is 12.9. The zero-order valence-corrected chi connectivity index (χ0v) is 17.5. The number of aromatic amines is 1. The van der Waals surface area contributed by atoms with Gasteiger partial charge in [-0.25, -0.2) is 24.2 Å². The molecule has 0 fully saturated rings. The number of hydrogen-bond donors (Lipinski definition) is 3. The number of halogens is 8. The van der Waals surface area contributed by atoms with Gasteiger partial charge in [0.15, 0.2) is 0 Å². The van der Waals surface area contributed by atoms with Gasteiger partial charge < -0.3 is 10.8 Å². The second kappa shape index (κ2) is 11.1. The second-order valence-electron chi connectivity index (χ2n) is 6.66. The largest absolute Gasteiger partial charge is 0.490 e. The number of pyridine rings is 2. The summed E-state index contributed by atoms with van der Waals surface area (Å²) in [6.45, 7) is -0.423. The van der Waals surface area contributed by atoms with Crippen LogP contribution in [0.1, 0.15) is 11.5 Å². The summed E-state index contributed by atoms with van der Waals surface area (Å²) in [6, 6.07) is 4.96. The Balaban J connectivity index is 0.000000572. The Morgan fingerprint density at radius 2 is 1.69 bits per heavy atom. The number of carboxylic acids is 1. The molecule has 0 aromatic carbocycles. The van der Waals surface area contributed by atoms with Crippen LogP contribution in [0.3, 0.4) is 0 Å². The Labute approximate surface area is 194 Å². The smallest absolute Gasteiger partial charge is 0.475 e. The van der Waals surface area contributed by atoms with Crippen molar-refractivity contribution < 1.29 is 45.0 Å². The van der Waals surface area contributed by atoms with E-state index < -0.39 is 47.9 Å². The predicted octanol–water partition coefficient (Wildman–Crippen LogP) is 3.32. The molecule has 0 unspecified atom stereocenters. The van der Waals surface area contributed by atoms with Crippen LogP contribution in [-0.4, -0.2) is 48.5 Å². The summed E-state index contributed by atoms with van der Waals surface area (Å²) in [7, 11) is 0. The Hall–Kier alpha value is -4.15. The van der Waals surface area contributed by atoms with Crippen molar-refractivity contribution in [3.05, 3.63) is 70.3 Å². The molecule has 0 saturated carbocycles. The van der Waals surface area contributed by atoms with Crippen molar-refractivity contribution in [2.24, 2.45) is 5.73 Å². The highest BCUT2D eigenvalue weighted by molar-refractivity contribution is 5.73. The third-order valence-electron chi connectivity index (χ3n) is 4.23. The summed E-state index contributed by atoms with van der Waals surface area (Å²) in [5.74, 6) is -2.75. The lowest BCUT2D eigenvalue weighted by atomic mass is 10.1. The molecule has 36 heavy (non-hydrogen) atoms. The highest BCUT2D eigenvalue weighted by atomic mass is 19.4. The first-order valence-corrected chi connectivity index (χ1v) is 9.34. The van der Waals surface area contributed by atoms with E-state index in [1.807, 2.05) is 0 Å². The van der Waals surface area contributed by atoms with Gasteiger partial charge in [0.25, 0.3) is 6.08 Å². The molecule has 0 spiro atoms. The zero-order valence-electron chi connectivity index (χ0n) is 17.5. The molecule has 3 heterocycles. The third-order valence-corrected chi connectivity index (χ3v) is 4.23. The zero-order chi connectivity index (χ0) is 27.3. The number of aromatic nitrogens is 5. The average molecular weight is 526 g/mol. The summed E-state index contributed by atoms with van der Waals surface area (Å²) in [5, 5.41) is 13.0. The van der Waals surface area contributed by atoms with E-state index in [-0.39, 0.29) is 18.1 Å². The maximum Gasteiger partial charge on any atom is 0.490 e. The van der Waals surface area contributed by atoms with Gasteiger partial charge in [-0.3, -0.25) is 4.98 Å². The Morgan fingerprint density at radius 3 is 2.17 bits per heavy atom. The minimum atomic E-state index is -5.08. The first kappa shape index (κ1) is 28.1.